The lowest BCUT2D eigenvalue weighted by molar-refractivity contribution is 0.0951. The maximum Gasteiger partial charge on any atom is 0.251 e. The molecular weight excluding hydrogens is 349 g/mol. The second-order valence-electron chi connectivity index (χ2n) is 5.80. The van der Waals surface area contributed by atoms with E-state index in [0.717, 1.165) is 5.52 Å². The van der Waals surface area contributed by atoms with Crippen LogP contribution in [0.25, 0.3) is 22.3 Å². The summed E-state index contributed by atoms with van der Waals surface area (Å²) >= 11 is 0. The van der Waals surface area contributed by atoms with Gasteiger partial charge in [0.1, 0.15) is 12.1 Å². The Morgan fingerprint density at radius 3 is 2.81 bits per heavy atom. The Balaban J connectivity index is 1.55. The molecule has 0 fully saturated rings. The first kappa shape index (κ1) is 16.7. The summed E-state index contributed by atoms with van der Waals surface area (Å²) in [5.41, 5.74) is 2.64. The molecule has 8 nitrogen and oxygen atoms in total. The van der Waals surface area contributed by atoms with Crippen LogP contribution in [0.15, 0.2) is 55.0 Å². The summed E-state index contributed by atoms with van der Waals surface area (Å²) in [6, 6.07) is 11.5. The minimum absolute atomic E-state index is 0.205. The third kappa shape index (κ3) is 3.76. The largest absolute Gasteiger partial charge is 0.350 e. The molecule has 0 aliphatic rings. The number of amides is 1. The first-order valence-corrected chi connectivity index (χ1v) is 8.21. The van der Waals surface area contributed by atoms with Gasteiger partial charge in [0.05, 0.1) is 29.5 Å². The molecule has 27 heavy (non-hydrogen) atoms. The van der Waals surface area contributed by atoms with E-state index in [1.165, 1.54) is 23.1 Å². The Kier molecular flexibility index (Phi) is 4.48. The summed E-state index contributed by atoms with van der Waals surface area (Å²) in [5.74, 6) is -0.911. The molecule has 1 amide bonds. The Hall–Kier alpha value is -3.75. The molecule has 0 saturated carbocycles. The number of nitrogens with zero attached hydrogens (tertiary/aromatic N) is 6. The minimum Gasteiger partial charge on any atom is -0.350 e. The highest BCUT2D eigenvalue weighted by molar-refractivity contribution is 5.95. The van der Waals surface area contributed by atoms with Crippen molar-refractivity contribution >= 4 is 16.9 Å². The van der Waals surface area contributed by atoms with E-state index in [0.29, 0.717) is 29.9 Å². The second-order valence-corrected chi connectivity index (χ2v) is 5.80. The van der Waals surface area contributed by atoms with Crippen LogP contribution in [0.3, 0.4) is 0 Å². The van der Waals surface area contributed by atoms with Gasteiger partial charge in [0, 0.05) is 17.7 Å². The molecule has 4 aromatic rings. The van der Waals surface area contributed by atoms with E-state index < -0.39 is 11.7 Å². The number of rotatable bonds is 5. The molecule has 4 rings (SSSR count). The molecule has 0 aliphatic heterocycles. The van der Waals surface area contributed by atoms with Crippen LogP contribution in [0.4, 0.5) is 4.39 Å². The standard InChI is InChI=1S/C18H14FN7O/c19-14-8-12(17-10-21-15-3-1-2-4-16(15)23-17)7-13(9-14)18(27)20-5-6-26-11-22-24-25-26/h1-4,7-11H,5-6H2,(H,20,27). The van der Waals surface area contributed by atoms with Crippen LogP contribution < -0.4 is 5.32 Å². The molecule has 2 aromatic carbocycles. The Bertz CT molecular complexity index is 1100. The zero-order chi connectivity index (χ0) is 18.6. The fourth-order valence-electron chi connectivity index (χ4n) is 2.63. The molecule has 0 unspecified atom stereocenters. The van der Waals surface area contributed by atoms with Crippen molar-refractivity contribution in [2.75, 3.05) is 6.54 Å². The van der Waals surface area contributed by atoms with Gasteiger partial charge in [0.15, 0.2) is 0 Å². The number of nitrogens with one attached hydrogen (secondary N) is 1. The van der Waals surface area contributed by atoms with Crippen LogP contribution in [0.1, 0.15) is 10.4 Å². The van der Waals surface area contributed by atoms with E-state index in [1.807, 2.05) is 24.3 Å². The first-order valence-electron chi connectivity index (χ1n) is 8.21. The number of carbonyl (C=O) groups excluding carboxylic acids is 1. The summed E-state index contributed by atoms with van der Waals surface area (Å²) in [6.07, 6.45) is 3.02. The molecule has 0 atom stereocenters. The van der Waals surface area contributed by atoms with E-state index in [-0.39, 0.29) is 5.56 Å². The van der Waals surface area contributed by atoms with Crippen molar-refractivity contribution in [1.82, 2.24) is 35.5 Å². The molecular formula is C18H14FN7O. The van der Waals surface area contributed by atoms with Crippen molar-refractivity contribution < 1.29 is 9.18 Å². The molecule has 2 aromatic heterocycles. The molecule has 2 heterocycles. The average Bonchev–Trinajstić information content (AvgIpc) is 3.20. The smallest absolute Gasteiger partial charge is 0.251 e. The number of para-hydroxylation sites is 2. The SMILES string of the molecule is O=C(NCCn1cnnn1)c1cc(F)cc(-c2cnc3ccccc3n2)c1. The van der Waals surface area contributed by atoms with E-state index in [9.17, 15) is 9.18 Å². The lowest BCUT2D eigenvalue weighted by Crippen LogP contribution is -2.27. The van der Waals surface area contributed by atoms with Crippen LogP contribution in [0.2, 0.25) is 0 Å². The molecule has 134 valence electrons. The Labute approximate surface area is 153 Å². The number of benzene rings is 2. The maximum atomic E-state index is 14.1. The zero-order valence-electron chi connectivity index (χ0n) is 14.1. The van der Waals surface area contributed by atoms with Crippen molar-refractivity contribution in [3.63, 3.8) is 0 Å². The van der Waals surface area contributed by atoms with Gasteiger partial charge in [-0.3, -0.25) is 9.78 Å². The lowest BCUT2D eigenvalue weighted by Gasteiger charge is -2.08. The highest BCUT2D eigenvalue weighted by Crippen LogP contribution is 2.22. The highest BCUT2D eigenvalue weighted by atomic mass is 19.1. The van der Waals surface area contributed by atoms with Crippen LogP contribution in [-0.4, -0.2) is 42.6 Å². The molecule has 0 saturated heterocycles. The number of hydrogen-bond donors (Lipinski definition) is 1. The molecule has 9 heteroatoms. The van der Waals surface area contributed by atoms with E-state index in [4.69, 9.17) is 0 Å². The molecule has 0 aliphatic carbocycles. The van der Waals surface area contributed by atoms with Gasteiger partial charge in [0.2, 0.25) is 0 Å². The fraction of sp³-hybridized carbons (Fsp3) is 0.111. The topological polar surface area (TPSA) is 98.5 Å². The monoisotopic (exact) mass is 363 g/mol. The minimum atomic E-state index is -0.520. The summed E-state index contributed by atoms with van der Waals surface area (Å²) in [7, 11) is 0. The maximum absolute atomic E-state index is 14.1. The van der Waals surface area contributed by atoms with Gasteiger partial charge >= 0.3 is 0 Å². The summed E-state index contributed by atoms with van der Waals surface area (Å²) in [6.45, 7) is 0.725. The van der Waals surface area contributed by atoms with Crippen molar-refractivity contribution in [3.8, 4) is 11.3 Å². The predicted octanol–water partition coefficient (Wildman–Crippen LogP) is 1.85. The summed E-state index contributed by atoms with van der Waals surface area (Å²) in [4.78, 5) is 21.2. The van der Waals surface area contributed by atoms with E-state index in [2.05, 4.69) is 30.8 Å². The van der Waals surface area contributed by atoms with Crippen LogP contribution in [-0.2, 0) is 6.54 Å². The molecule has 0 bridgehead atoms. The normalized spacial score (nSPS) is 10.9. The van der Waals surface area contributed by atoms with Crippen molar-refractivity contribution in [1.29, 1.82) is 0 Å². The van der Waals surface area contributed by atoms with Gasteiger partial charge in [-0.05, 0) is 40.8 Å². The summed E-state index contributed by atoms with van der Waals surface area (Å²) in [5, 5.41) is 13.4. The molecule has 0 radical (unpaired) electrons. The zero-order valence-corrected chi connectivity index (χ0v) is 14.1. The third-order valence-electron chi connectivity index (χ3n) is 3.92. The number of aromatic nitrogens is 6. The van der Waals surface area contributed by atoms with Crippen molar-refractivity contribution in [2.24, 2.45) is 0 Å². The molecule has 0 spiro atoms. The van der Waals surface area contributed by atoms with Crippen molar-refractivity contribution in [3.05, 3.63) is 66.4 Å². The fourth-order valence-corrected chi connectivity index (χ4v) is 2.63. The van der Waals surface area contributed by atoms with Gasteiger partial charge in [0.25, 0.3) is 5.91 Å². The third-order valence-corrected chi connectivity index (χ3v) is 3.92. The number of fused-ring (bicyclic) bond motifs is 1. The average molecular weight is 363 g/mol. The number of carbonyl (C=O) groups is 1. The number of hydrogen-bond acceptors (Lipinski definition) is 6. The first-order chi connectivity index (χ1) is 13.2. The number of halogens is 1. The predicted molar refractivity (Wildman–Crippen MR) is 95.1 cm³/mol. The van der Waals surface area contributed by atoms with Gasteiger partial charge in [-0.15, -0.1) is 5.10 Å². The van der Waals surface area contributed by atoms with Crippen LogP contribution in [0, 0.1) is 5.82 Å². The lowest BCUT2D eigenvalue weighted by atomic mass is 10.1. The van der Waals surface area contributed by atoms with Gasteiger partial charge in [-0.2, -0.15) is 0 Å². The van der Waals surface area contributed by atoms with Crippen LogP contribution >= 0.6 is 0 Å². The van der Waals surface area contributed by atoms with Crippen LogP contribution in [0.5, 0.6) is 0 Å². The summed E-state index contributed by atoms with van der Waals surface area (Å²) < 4.78 is 15.6. The van der Waals surface area contributed by atoms with Gasteiger partial charge < -0.3 is 5.32 Å². The highest BCUT2D eigenvalue weighted by Gasteiger charge is 2.11. The quantitative estimate of drug-likeness (QED) is 0.581. The van der Waals surface area contributed by atoms with E-state index >= 15 is 0 Å². The van der Waals surface area contributed by atoms with E-state index in [1.54, 1.807) is 12.3 Å². The van der Waals surface area contributed by atoms with Crippen molar-refractivity contribution in [2.45, 2.75) is 6.54 Å². The number of tetrazole rings is 1. The van der Waals surface area contributed by atoms with Gasteiger partial charge in [-0.1, -0.05) is 12.1 Å². The Morgan fingerprint density at radius 1 is 1.15 bits per heavy atom. The second kappa shape index (κ2) is 7.24. The Morgan fingerprint density at radius 2 is 2.00 bits per heavy atom. The molecule has 1 N–H and O–H groups in total. The van der Waals surface area contributed by atoms with Gasteiger partial charge in [-0.25, -0.2) is 14.1 Å².